The molecule has 1 N–H and O–H groups in total. The summed E-state index contributed by atoms with van der Waals surface area (Å²) in [4.78, 5) is 0. The Kier molecular flexibility index (Phi) is 4.40. The average molecular weight is 230 g/mol. The molecular formula is C6H12ClNO4S. The van der Waals surface area contributed by atoms with Gasteiger partial charge in [0.25, 0.3) is 0 Å². The number of hydrogen-bond acceptors (Lipinski definition) is 4. The van der Waals surface area contributed by atoms with Gasteiger partial charge >= 0.3 is 0 Å². The lowest BCUT2D eigenvalue weighted by Gasteiger charge is -2.13. The molecule has 0 aliphatic carbocycles. The average Bonchev–Trinajstić information content (AvgIpc) is 2.32. The predicted octanol–water partition coefficient (Wildman–Crippen LogP) is -0.483. The molecule has 0 bridgehead atoms. The minimum Gasteiger partial charge on any atom is -0.377 e. The molecule has 0 amide bonds. The molecule has 1 heterocycles. The molecule has 78 valence electrons. The van der Waals surface area contributed by atoms with Crippen LogP contribution in [0, 0.1) is 0 Å². The highest BCUT2D eigenvalue weighted by molar-refractivity contribution is 7.90. The van der Waals surface area contributed by atoms with Crippen molar-refractivity contribution in [2.24, 2.45) is 0 Å². The van der Waals surface area contributed by atoms with Crippen molar-refractivity contribution in [3.63, 3.8) is 0 Å². The van der Waals surface area contributed by atoms with E-state index < -0.39 is 15.2 Å². The molecule has 0 atom stereocenters. The Hall–Kier alpha value is 0.120. The third-order valence-electron chi connectivity index (χ3n) is 1.50. The first kappa shape index (κ1) is 11.2. The van der Waals surface area contributed by atoms with Crippen molar-refractivity contribution in [1.29, 1.82) is 0 Å². The Bertz CT molecular complexity index is 235. The highest BCUT2D eigenvalue weighted by Crippen LogP contribution is 1.98. The Morgan fingerprint density at radius 2 is 1.85 bits per heavy atom. The highest BCUT2D eigenvalue weighted by atomic mass is 35.5. The molecule has 1 rings (SSSR count). The van der Waals surface area contributed by atoms with Gasteiger partial charge in [0.15, 0.2) is 0 Å². The number of hydrogen-bond donors (Lipinski definition) is 1. The fourth-order valence-electron chi connectivity index (χ4n) is 0.971. The summed E-state index contributed by atoms with van der Waals surface area (Å²) in [6, 6.07) is -0.328. The molecule has 0 aromatic rings. The summed E-state index contributed by atoms with van der Waals surface area (Å²) >= 11 is 5.22. The van der Waals surface area contributed by atoms with Crippen LogP contribution in [0.5, 0.6) is 0 Å². The van der Waals surface area contributed by atoms with E-state index in [1.54, 1.807) is 0 Å². The molecule has 0 aromatic carbocycles. The molecule has 1 aliphatic heterocycles. The monoisotopic (exact) mass is 229 g/mol. The number of ether oxygens (including phenoxy) is 2. The molecule has 7 heteroatoms. The molecule has 0 unspecified atom stereocenters. The van der Waals surface area contributed by atoms with Gasteiger partial charge in [0.05, 0.1) is 32.5 Å². The zero-order valence-corrected chi connectivity index (χ0v) is 8.60. The zero-order valence-electron chi connectivity index (χ0n) is 7.03. The van der Waals surface area contributed by atoms with Gasteiger partial charge in [0.2, 0.25) is 10.0 Å². The SMILES string of the molecule is O=S(=O)(CCl)NC1COCCOC1. The van der Waals surface area contributed by atoms with Crippen LogP contribution in [0.15, 0.2) is 0 Å². The van der Waals surface area contributed by atoms with Crippen molar-refractivity contribution < 1.29 is 17.9 Å². The van der Waals surface area contributed by atoms with E-state index in [1.807, 2.05) is 0 Å². The Balaban J connectivity index is 2.42. The van der Waals surface area contributed by atoms with E-state index in [4.69, 9.17) is 21.1 Å². The van der Waals surface area contributed by atoms with Crippen molar-refractivity contribution in [3.05, 3.63) is 0 Å². The molecular weight excluding hydrogens is 218 g/mol. The fraction of sp³-hybridized carbons (Fsp3) is 1.00. The second kappa shape index (κ2) is 5.11. The summed E-state index contributed by atoms with van der Waals surface area (Å²) in [5.41, 5.74) is 0. The predicted molar refractivity (Wildman–Crippen MR) is 48.2 cm³/mol. The summed E-state index contributed by atoms with van der Waals surface area (Å²) < 4.78 is 34.6. The van der Waals surface area contributed by atoms with Crippen LogP contribution in [0.4, 0.5) is 0 Å². The lowest BCUT2D eigenvalue weighted by molar-refractivity contribution is 0.103. The maximum Gasteiger partial charge on any atom is 0.226 e. The number of alkyl halides is 1. The standard InChI is InChI=1S/C6H12ClNO4S/c7-5-13(9,10)8-6-3-11-1-2-12-4-6/h6,8H,1-5H2. The summed E-state index contributed by atoms with van der Waals surface area (Å²) in [6.07, 6.45) is 0. The van der Waals surface area contributed by atoms with Gasteiger partial charge in [-0.15, -0.1) is 11.6 Å². The number of nitrogens with one attached hydrogen (secondary N) is 1. The first-order valence-electron chi connectivity index (χ1n) is 3.85. The second-order valence-electron chi connectivity index (χ2n) is 2.69. The van der Waals surface area contributed by atoms with E-state index in [9.17, 15) is 8.42 Å². The molecule has 1 aliphatic rings. The maximum atomic E-state index is 11.0. The fourth-order valence-corrected chi connectivity index (χ4v) is 1.87. The van der Waals surface area contributed by atoms with Gasteiger partial charge in [-0.05, 0) is 0 Å². The lowest BCUT2D eigenvalue weighted by atomic mass is 10.4. The van der Waals surface area contributed by atoms with Gasteiger partial charge in [-0.1, -0.05) is 0 Å². The molecule has 1 saturated heterocycles. The first-order chi connectivity index (χ1) is 6.14. The van der Waals surface area contributed by atoms with Gasteiger partial charge in [-0.3, -0.25) is 0 Å². The smallest absolute Gasteiger partial charge is 0.226 e. The minimum atomic E-state index is -3.38. The zero-order chi connectivity index (χ0) is 9.73. The molecule has 5 nitrogen and oxygen atoms in total. The van der Waals surface area contributed by atoms with E-state index in [2.05, 4.69) is 4.72 Å². The van der Waals surface area contributed by atoms with E-state index in [1.165, 1.54) is 0 Å². The molecule has 1 fully saturated rings. The maximum absolute atomic E-state index is 11.0. The van der Waals surface area contributed by atoms with Gasteiger partial charge < -0.3 is 9.47 Å². The van der Waals surface area contributed by atoms with E-state index in [0.29, 0.717) is 26.4 Å². The number of sulfonamides is 1. The van der Waals surface area contributed by atoms with Gasteiger partial charge in [0, 0.05) is 0 Å². The molecule has 13 heavy (non-hydrogen) atoms. The summed E-state index contributed by atoms with van der Waals surface area (Å²) in [5.74, 6) is 0. The molecule has 0 spiro atoms. The Labute approximate surface area is 82.4 Å². The second-order valence-corrected chi connectivity index (χ2v) is 5.03. The van der Waals surface area contributed by atoms with Crippen LogP contribution in [0.2, 0.25) is 0 Å². The molecule has 0 saturated carbocycles. The van der Waals surface area contributed by atoms with Crippen molar-refractivity contribution in [1.82, 2.24) is 4.72 Å². The van der Waals surface area contributed by atoms with Crippen molar-refractivity contribution in [2.45, 2.75) is 6.04 Å². The summed E-state index contributed by atoms with van der Waals surface area (Å²) in [6.45, 7) is 1.66. The quantitative estimate of drug-likeness (QED) is 0.664. The largest absolute Gasteiger partial charge is 0.377 e. The molecule has 0 radical (unpaired) electrons. The topological polar surface area (TPSA) is 64.6 Å². The van der Waals surface area contributed by atoms with Crippen LogP contribution in [-0.4, -0.2) is 46.1 Å². The Morgan fingerprint density at radius 3 is 2.31 bits per heavy atom. The van der Waals surface area contributed by atoms with Crippen LogP contribution in [0.1, 0.15) is 0 Å². The Morgan fingerprint density at radius 1 is 1.31 bits per heavy atom. The van der Waals surface area contributed by atoms with Gasteiger partial charge in [-0.25, -0.2) is 13.1 Å². The first-order valence-corrected chi connectivity index (χ1v) is 6.04. The minimum absolute atomic E-state index is 0.328. The normalized spacial score (nSPS) is 21.3. The van der Waals surface area contributed by atoms with Crippen molar-refractivity contribution >= 4 is 21.6 Å². The van der Waals surface area contributed by atoms with Gasteiger partial charge in [-0.2, -0.15) is 0 Å². The van der Waals surface area contributed by atoms with Gasteiger partial charge in [0.1, 0.15) is 5.21 Å². The van der Waals surface area contributed by atoms with Crippen LogP contribution in [0.25, 0.3) is 0 Å². The van der Waals surface area contributed by atoms with Crippen molar-refractivity contribution in [2.75, 3.05) is 31.6 Å². The molecule has 0 aromatic heterocycles. The lowest BCUT2D eigenvalue weighted by Crippen LogP contribution is -2.40. The summed E-state index contributed by atoms with van der Waals surface area (Å²) in [7, 11) is -3.38. The summed E-state index contributed by atoms with van der Waals surface area (Å²) in [5, 5.41) is -0.441. The van der Waals surface area contributed by atoms with E-state index in [0.717, 1.165) is 0 Å². The number of rotatable bonds is 3. The number of halogens is 1. The van der Waals surface area contributed by atoms with Crippen LogP contribution in [-0.2, 0) is 19.5 Å². The third-order valence-corrected chi connectivity index (χ3v) is 3.34. The van der Waals surface area contributed by atoms with Crippen LogP contribution >= 0.6 is 11.6 Å². The van der Waals surface area contributed by atoms with E-state index in [-0.39, 0.29) is 6.04 Å². The van der Waals surface area contributed by atoms with Crippen LogP contribution in [0.3, 0.4) is 0 Å². The highest BCUT2D eigenvalue weighted by Gasteiger charge is 2.18. The van der Waals surface area contributed by atoms with Crippen molar-refractivity contribution in [3.8, 4) is 0 Å². The van der Waals surface area contributed by atoms with Crippen LogP contribution < -0.4 is 4.72 Å². The third kappa shape index (κ3) is 4.24. The van der Waals surface area contributed by atoms with E-state index >= 15 is 0 Å².